The minimum atomic E-state index is 0.239. The van der Waals surface area contributed by atoms with Crippen LogP contribution in [0.15, 0.2) is 218 Å². The van der Waals surface area contributed by atoms with Gasteiger partial charge in [-0.25, -0.2) is 0 Å². The molecule has 10 aromatic rings. The van der Waals surface area contributed by atoms with Crippen LogP contribution in [0.25, 0.3) is 55.2 Å². The average Bonchev–Trinajstić information content (AvgIpc) is 3.28. The van der Waals surface area contributed by atoms with E-state index in [9.17, 15) is 0 Å². The van der Waals surface area contributed by atoms with Crippen LogP contribution in [0.3, 0.4) is 0 Å². The van der Waals surface area contributed by atoms with Crippen molar-refractivity contribution in [1.82, 2.24) is 0 Å². The maximum atomic E-state index is 2.38. The maximum absolute atomic E-state index is 2.38. The van der Waals surface area contributed by atoms with Crippen molar-refractivity contribution in [3.05, 3.63) is 246 Å². The van der Waals surface area contributed by atoms with Gasteiger partial charge in [0, 0.05) is 23.0 Å². The van der Waals surface area contributed by atoms with Gasteiger partial charge in [-0.05, 0) is 114 Å². The lowest BCUT2D eigenvalue weighted by molar-refractivity contribution is 0.808. The molecule has 0 aromatic heterocycles. The topological polar surface area (TPSA) is 3.24 Å². The molecule has 0 aliphatic heterocycles. The lowest BCUT2D eigenvalue weighted by atomic mass is 9.84. The first kappa shape index (κ1) is 34.3. The molecule has 0 saturated carbocycles. The van der Waals surface area contributed by atoms with Gasteiger partial charge in [-0.2, -0.15) is 0 Å². The first-order chi connectivity index (χ1) is 28.2. The monoisotopic (exact) mass is 727 g/mol. The van der Waals surface area contributed by atoms with E-state index < -0.39 is 0 Å². The Morgan fingerprint density at radius 1 is 0.316 bits per heavy atom. The van der Waals surface area contributed by atoms with E-state index in [1.165, 1.54) is 65.3 Å². The molecule has 0 amide bonds. The van der Waals surface area contributed by atoms with E-state index in [4.69, 9.17) is 0 Å². The number of nitrogens with zero attached hydrogens (tertiary/aromatic N) is 1. The summed E-state index contributed by atoms with van der Waals surface area (Å²) in [5, 5.41) is 10.0. The minimum absolute atomic E-state index is 0.239. The Kier molecular flexibility index (Phi) is 9.10. The summed E-state index contributed by atoms with van der Waals surface area (Å²) >= 11 is 0. The number of benzene rings is 10. The van der Waals surface area contributed by atoms with Gasteiger partial charge in [-0.3, -0.25) is 0 Å². The summed E-state index contributed by atoms with van der Waals surface area (Å²) in [6.07, 6.45) is 5.35. The second-order valence-electron chi connectivity index (χ2n) is 15.0. The summed E-state index contributed by atoms with van der Waals surface area (Å²) < 4.78 is 0. The van der Waals surface area contributed by atoms with Crippen LogP contribution in [0.4, 0.5) is 17.1 Å². The fourth-order valence-corrected chi connectivity index (χ4v) is 8.28. The third kappa shape index (κ3) is 7.20. The van der Waals surface area contributed by atoms with Crippen LogP contribution >= 0.6 is 0 Å². The fourth-order valence-electron chi connectivity index (χ4n) is 8.28. The van der Waals surface area contributed by atoms with Crippen molar-refractivity contribution in [3.8, 4) is 0 Å². The van der Waals surface area contributed by atoms with Crippen LogP contribution in [-0.4, -0.2) is 0 Å². The number of fused-ring (bicyclic) bond motifs is 4. The first-order valence-electron chi connectivity index (χ1n) is 19.8. The van der Waals surface area contributed by atoms with Crippen molar-refractivity contribution in [2.45, 2.75) is 12.3 Å². The Labute approximate surface area is 334 Å². The molecule has 0 unspecified atom stereocenters. The third-order valence-electron chi connectivity index (χ3n) is 11.4. The van der Waals surface area contributed by atoms with Crippen molar-refractivity contribution in [3.63, 3.8) is 0 Å². The Balaban J connectivity index is 0.913. The average molecular weight is 728 g/mol. The van der Waals surface area contributed by atoms with Gasteiger partial charge in [-0.1, -0.05) is 194 Å². The van der Waals surface area contributed by atoms with Crippen LogP contribution in [0.5, 0.6) is 0 Å². The molecule has 1 nitrogen and oxygen atoms in total. The van der Waals surface area contributed by atoms with E-state index in [0.717, 1.165) is 29.0 Å². The van der Waals surface area contributed by atoms with E-state index in [2.05, 4.69) is 235 Å². The standard InChI is InChI=1S/C56H41N/c1-5-13-47-36-51(27-25-43(47)9-1)56(52-28-26-44-10-2-6-14-48(44)37-52)35-42-21-19-40(20-22-42)17-18-41-23-31-53(32-24-41)57(54-33-29-45-11-3-7-15-49(45)38-54)55-34-30-46-12-4-8-16-50(46)39-55/h1-34,36-39,56H,35H2/b18-17+. The highest BCUT2D eigenvalue weighted by Crippen LogP contribution is 2.38. The Morgan fingerprint density at radius 3 is 1.11 bits per heavy atom. The molecule has 0 atom stereocenters. The molecular formula is C56H41N. The Morgan fingerprint density at radius 2 is 0.667 bits per heavy atom. The molecule has 1 heteroatoms. The van der Waals surface area contributed by atoms with Gasteiger partial charge in [-0.15, -0.1) is 0 Å². The molecule has 10 aromatic carbocycles. The molecule has 57 heavy (non-hydrogen) atoms. The van der Waals surface area contributed by atoms with E-state index in [1.807, 2.05) is 0 Å². The van der Waals surface area contributed by atoms with Gasteiger partial charge in [0.05, 0.1) is 0 Å². The van der Waals surface area contributed by atoms with Crippen LogP contribution in [0.1, 0.15) is 33.7 Å². The zero-order valence-electron chi connectivity index (χ0n) is 31.7. The molecule has 0 fully saturated rings. The number of hydrogen-bond donors (Lipinski definition) is 0. The predicted octanol–water partition coefficient (Wildman–Crippen LogP) is 15.3. The van der Waals surface area contributed by atoms with E-state index >= 15 is 0 Å². The second kappa shape index (κ2) is 15.1. The van der Waals surface area contributed by atoms with Gasteiger partial charge in [0.1, 0.15) is 0 Å². The molecule has 10 rings (SSSR count). The molecular weight excluding hydrogens is 687 g/mol. The van der Waals surface area contributed by atoms with Gasteiger partial charge in [0.15, 0.2) is 0 Å². The van der Waals surface area contributed by atoms with Crippen LogP contribution < -0.4 is 4.90 Å². The predicted molar refractivity (Wildman–Crippen MR) is 245 cm³/mol. The quantitative estimate of drug-likeness (QED) is 0.134. The fraction of sp³-hybridized carbons (Fsp3) is 0.0357. The lowest BCUT2D eigenvalue weighted by Crippen LogP contribution is -2.09. The summed E-state index contributed by atoms with van der Waals surface area (Å²) in [5.41, 5.74) is 9.75. The van der Waals surface area contributed by atoms with Crippen molar-refractivity contribution in [2.75, 3.05) is 4.90 Å². The molecule has 0 N–H and O–H groups in total. The molecule has 0 radical (unpaired) electrons. The van der Waals surface area contributed by atoms with Gasteiger partial charge in [0.2, 0.25) is 0 Å². The molecule has 0 aliphatic rings. The van der Waals surface area contributed by atoms with E-state index in [-0.39, 0.29) is 5.92 Å². The smallest absolute Gasteiger partial charge is 0.0468 e. The largest absolute Gasteiger partial charge is 0.310 e. The van der Waals surface area contributed by atoms with Gasteiger partial charge < -0.3 is 4.90 Å². The molecule has 0 aliphatic carbocycles. The summed E-state index contributed by atoms with van der Waals surface area (Å²) in [6, 6.07) is 79.8. The zero-order valence-corrected chi connectivity index (χ0v) is 31.7. The van der Waals surface area contributed by atoms with Gasteiger partial charge >= 0.3 is 0 Å². The van der Waals surface area contributed by atoms with Crippen LogP contribution in [0, 0.1) is 0 Å². The number of anilines is 3. The van der Waals surface area contributed by atoms with Crippen molar-refractivity contribution in [1.29, 1.82) is 0 Å². The summed E-state index contributed by atoms with van der Waals surface area (Å²) in [6.45, 7) is 0. The third-order valence-corrected chi connectivity index (χ3v) is 11.4. The SMILES string of the molecule is C(=C\c1ccc(N(c2ccc3ccccc3c2)c2ccc3ccccc3c2)cc1)/c1ccc(CC(c2ccc3ccccc3c2)c2ccc3ccccc3c2)cc1. The molecule has 0 spiro atoms. The second-order valence-corrected chi connectivity index (χ2v) is 15.0. The first-order valence-corrected chi connectivity index (χ1v) is 19.8. The van der Waals surface area contributed by atoms with Crippen molar-refractivity contribution < 1.29 is 0 Å². The van der Waals surface area contributed by atoms with Crippen molar-refractivity contribution >= 4 is 72.3 Å². The number of rotatable bonds is 9. The summed E-state index contributed by atoms with van der Waals surface area (Å²) in [4.78, 5) is 2.36. The highest BCUT2D eigenvalue weighted by Gasteiger charge is 2.17. The van der Waals surface area contributed by atoms with Crippen molar-refractivity contribution in [2.24, 2.45) is 0 Å². The summed E-state index contributed by atoms with van der Waals surface area (Å²) in [7, 11) is 0. The zero-order chi connectivity index (χ0) is 38.0. The normalized spacial score (nSPS) is 11.7. The summed E-state index contributed by atoms with van der Waals surface area (Å²) in [5.74, 6) is 0.239. The van der Waals surface area contributed by atoms with Crippen LogP contribution in [-0.2, 0) is 6.42 Å². The highest BCUT2D eigenvalue weighted by atomic mass is 15.1. The molecule has 0 bridgehead atoms. The van der Waals surface area contributed by atoms with E-state index in [1.54, 1.807) is 0 Å². The highest BCUT2D eigenvalue weighted by molar-refractivity contribution is 5.93. The molecule has 270 valence electrons. The lowest BCUT2D eigenvalue weighted by Gasteiger charge is -2.26. The minimum Gasteiger partial charge on any atom is -0.310 e. The van der Waals surface area contributed by atoms with Gasteiger partial charge in [0.25, 0.3) is 0 Å². The Bertz CT molecular complexity index is 2890. The maximum Gasteiger partial charge on any atom is 0.0468 e. The number of hydrogen-bond acceptors (Lipinski definition) is 1. The molecule has 0 heterocycles. The Hall–Kier alpha value is -7.22. The van der Waals surface area contributed by atoms with E-state index in [0.29, 0.717) is 0 Å². The van der Waals surface area contributed by atoms with Crippen LogP contribution in [0.2, 0.25) is 0 Å². The molecule has 0 saturated heterocycles.